The van der Waals surface area contributed by atoms with E-state index in [4.69, 9.17) is 0 Å². The van der Waals surface area contributed by atoms with Gasteiger partial charge in [-0.25, -0.2) is 0 Å². The number of amides is 1. The van der Waals surface area contributed by atoms with Crippen LogP contribution in [0.3, 0.4) is 0 Å². The fourth-order valence-corrected chi connectivity index (χ4v) is 5.25. The van der Waals surface area contributed by atoms with E-state index in [1.54, 1.807) is 6.20 Å². The molecule has 6 heteroatoms. The molecule has 0 saturated heterocycles. The quantitative estimate of drug-likeness (QED) is 0.734. The Bertz CT molecular complexity index is 927. The summed E-state index contributed by atoms with van der Waals surface area (Å²) in [7, 11) is 0. The van der Waals surface area contributed by atoms with Crippen LogP contribution in [0.25, 0.3) is 10.9 Å². The maximum atomic E-state index is 13.2. The van der Waals surface area contributed by atoms with Crippen LogP contribution in [0.5, 0.6) is 0 Å². The zero-order chi connectivity index (χ0) is 17.5. The Morgan fingerprint density at radius 1 is 1.19 bits per heavy atom. The second kappa shape index (κ2) is 6.50. The zero-order valence-electron chi connectivity index (χ0n) is 14.6. The van der Waals surface area contributed by atoms with Crippen molar-refractivity contribution in [2.45, 2.75) is 44.6 Å². The van der Waals surface area contributed by atoms with Gasteiger partial charge < -0.3 is 9.88 Å². The second-order valence-corrected chi connectivity index (χ2v) is 8.00. The van der Waals surface area contributed by atoms with E-state index in [9.17, 15) is 4.79 Å². The molecule has 2 aliphatic rings. The SMILES string of the molecule is O=C(c1cnsn1)N1CCc2c([nH]c3ccccc23)C1C1CCCCC1. The van der Waals surface area contributed by atoms with Crippen molar-refractivity contribution in [1.82, 2.24) is 18.6 Å². The molecule has 0 spiro atoms. The number of hydrogen-bond donors (Lipinski definition) is 1. The molecule has 3 heterocycles. The average Bonchev–Trinajstić information content (AvgIpc) is 3.35. The highest BCUT2D eigenvalue weighted by Gasteiger charge is 2.39. The van der Waals surface area contributed by atoms with Crippen molar-refractivity contribution in [2.75, 3.05) is 6.54 Å². The normalized spacial score (nSPS) is 21.1. The maximum Gasteiger partial charge on any atom is 0.275 e. The van der Waals surface area contributed by atoms with Gasteiger partial charge in [0.25, 0.3) is 5.91 Å². The minimum atomic E-state index is 0.0265. The minimum absolute atomic E-state index is 0.0265. The summed E-state index contributed by atoms with van der Waals surface area (Å²) in [6.45, 7) is 0.756. The number of aromatic amines is 1. The minimum Gasteiger partial charge on any atom is -0.356 e. The third-order valence-corrected chi connectivity index (χ3v) is 6.50. The monoisotopic (exact) mass is 366 g/mol. The third-order valence-electron chi connectivity index (χ3n) is 6.02. The van der Waals surface area contributed by atoms with Crippen LogP contribution in [0.4, 0.5) is 0 Å². The number of nitrogens with zero attached hydrogens (tertiary/aromatic N) is 3. The lowest BCUT2D eigenvalue weighted by Crippen LogP contribution is -2.43. The largest absolute Gasteiger partial charge is 0.356 e. The first kappa shape index (κ1) is 16.0. The van der Waals surface area contributed by atoms with Crippen molar-refractivity contribution in [2.24, 2.45) is 5.92 Å². The molecule has 1 aliphatic heterocycles. The van der Waals surface area contributed by atoms with Gasteiger partial charge in [0.1, 0.15) is 0 Å². The van der Waals surface area contributed by atoms with E-state index in [0.29, 0.717) is 11.6 Å². The van der Waals surface area contributed by atoms with Gasteiger partial charge in [-0.15, -0.1) is 0 Å². The smallest absolute Gasteiger partial charge is 0.275 e. The van der Waals surface area contributed by atoms with E-state index in [1.165, 1.54) is 54.3 Å². The fraction of sp³-hybridized carbons (Fsp3) is 0.450. The zero-order valence-corrected chi connectivity index (χ0v) is 15.5. The Morgan fingerprint density at radius 3 is 2.85 bits per heavy atom. The Balaban J connectivity index is 1.61. The molecular weight excluding hydrogens is 344 g/mol. The third kappa shape index (κ3) is 2.55. The molecule has 2 aromatic heterocycles. The molecule has 1 amide bonds. The lowest BCUT2D eigenvalue weighted by Gasteiger charge is -2.41. The van der Waals surface area contributed by atoms with E-state index >= 15 is 0 Å². The molecule has 5 nitrogen and oxygen atoms in total. The van der Waals surface area contributed by atoms with Crippen LogP contribution < -0.4 is 0 Å². The highest BCUT2D eigenvalue weighted by molar-refractivity contribution is 6.99. The summed E-state index contributed by atoms with van der Waals surface area (Å²) < 4.78 is 8.23. The second-order valence-electron chi connectivity index (χ2n) is 7.45. The van der Waals surface area contributed by atoms with Gasteiger partial charge in [0.15, 0.2) is 5.69 Å². The Kier molecular flexibility index (Phi) is 4.00. The topological polar surface area (TPSA) is 61.9 Å². The fourth-order valence-electron chi connectivity index (χ4n) is 4.84. The van der Waals surface area contributed by atoms with Gasteiger partial charge in [0, 0.05) is 23.1 Å². The van der Waals surface area contributed by atoms with Crippen molar-refractivity contribution in [3.8, 4) is 0 Å². The molecule has 0 radical (unpaired) electrons. The van der Waals surface area contributed by atoms with Crippen LogP contribution in [0, 0.1) is 5.92 Å². The Morgan fingerprint density at radius 2 is 2.04 bits per heavy atom. The number of benzene rings is 1. The number of carbonyl (C=O) groups is 1. The molecule has 134 valence electrons. The van der Waals surface area contributed by atoms with Crippen molar-refractivity contribution >= 4 is 28.5 Å². The molecule has 1 atom stereocenters. The molecule has 1 aromatic carbocycles. The molecule has 3 aromatic rings. The predicted octanol–water partition coefficient (Wildman–Crippen LogP) is 4.34. The van der Waals surface area contributed by atoms with Crippen LogP contribution >= 0.6 is 11.7 Å². The molecule has 1 saturated carbocycles. The van der Waals surface area contributed by atoms with E-state index < -0.39 is 0 Å². The molecule has 1 unspecified atom stereocenters. The Labute approximate surface area is 156 Å². The van der Waals surface area contributed by atoms with Gasteiger partial charge in [-0.3, -0.25) is 4.79 Å². The number of fused-ring (bicyclic) bond motifs is 3. The summed E-state index contributed by atoms with van der Waals surface area (Å²) in [5, 5.41) is 1.31. The van der Waals surface area contributed by atoms with E-state index in [2.05, 4.69) is 42.9 Å². The van der Waals surface area contributed by atoms with Crippen molar-refractivity contribution < 1.29 is 4.79 Å². The number of H-pyrrole nitrogens is 1. The van der Waals surface area contributed by atoms with E-state index in [1.807, 2.05) is 0 Å². The summed E-state index contributed by atoms with van der Waals surface area (Å²) in [5.41, 5.74) is 4.32. The van der Waals surface area contributed by atoms with Gasteiger partial charge in [-0.2, -0.15) is 8.75 Å². The van der Waals surface area contributed by atoms with Crippen LogP contribution in [0.2, 0.25) is 0 Å². The number of hydrogen-bond acceptors (Lipinski definition) is 4. The number of aromatic nitrogens is 3. The van der Waals surface area contributed by atoms with Crippen molar-refractivity contribution in [3.63, 3.8) is 0 Å². The number of carbonyl (C=O) groups excluding carboxylic acids is 1. The van der Waals surface area contributed by atoms with Crippen LogP contribution in [-0.2, 0) is 6.42 Å². The molecule has 0 bridgehead atoms. The average molecular weight is 366 g/mol. The molecule has 1 aliphatic carbocycles. The molecule has 5 rings (SSSR count). The first-order valence-corrected chi connectivity index (χ1v) is 10.2. The van der Waals surface area contributed by atoms with Crippen molar-refractivity contribution in [3.05, 3.63) is 47.4 Å². The summed E-state index contributed by atoms with van der Waals surface area (Å²) >= 11 is 1.10. The summed E-state index contributed by atoms with van der Waals surface area (Å²) in [4.78, 5) is 18.9. The lowest BCUT2D eigenvalue weighted by molar-refractivity contribution is 0.0529. The van der Waals surface area contributed by atoms with Crippen LogP contribution in [-0.4, -0.2) is 31.1 Å². The Hall–Kier alpha value is -2.21. The van der Waals surface area contributed by atoms with E-state index in [0.717, 1.165) is 24.7 Å². The van der Waals surface area contributed by atoms with Crippen LogP contribution in [0.15, 0.2) is 30.5 Å². The summed E-state index contributed by atoms with van der Waals surface area (Å²) in [6.07, 6.45) is 8.72. The van der Waals surface area contributed by atoms with Gasteiger partial charge >= 0.3 is 0 Å². The van der Waals surface area contributed by atoms with Gasteiger partial charge in [0.2, 0.25) is 0 Å². The number of rotatable bonds is 2. The summed E-state index contributed by atoms with van der Waals surface area (Å²) in [5.74, 6) is 0.546. The molecule has 1 N–H and O–H groups in total. The number of para-hydroxylation sites is 1. The maximum absolute atomic E-state index is 13.2. The van der Waals surface area contributed by atoms with Crippen molar-refractivity contribution in [1.29, 1.82) is 0 Å². The highest BCUT2D eigenvalue weighted by atomic mass is 32.1. The van der Waals surface area contributed by atoms with Gasteiger partial charge in [-0.05, 0) is 36.8 Å². The molecule has 26 heavy (non-hydrogen) atoms. The number of nitrogens with one attached hydrogen (secondary N) is 1. The van der Waals surface area contributed by atoms with Gasteiger partial charge in [-0.1, -0.05) is 37.5 Å². The first-order chi connectivity index (χ1) is 12.8. The van der Waals surface area contributed by atoms with Crippen LogP contribution in [0.1, 0.15) is 59.9 Å². The molecular formula is C20H22N4OS. The van der Waals surface area contributed by atoms with Gasteiger partial charge in [0.05, 0.1) is 24.0 Å². The predicted molar refractivity (Wildman–Crippen MR) is 102 cm³/mol. The summed E-state index contributed by atoms with van der Waals surface area (Å²) in [6, 6.07) is 8.64. The lowest BCUT2D eigenvalue weighted by atomic mass is 9.79. The first-order valence-electron chi connectivity index (χ1n) is 9.51. The molecule has 1 fully saturated rings. The van der Waals surface area contributed by atoms with E-state index in [-0.39, 0.29) is 11.9 Å². The standard InChI is InChI=1S/C20H22N4OS/c25-20(17-12-21-26-23-17)24-11-10-15-14-8-4-5-9-16(14)22-18(15)19(24)13-6-2-1-3-7-13/h4-5,8-9,12-13,19,22H,1-3,6-7,10-11H2. The highest BCUT2D eigenvalue weighted by Crippen LogP contribution is 2.44.